The lowest BCUT2D eigenvalue weighted by Gasteiger charge is -2.13. The summed E-state index contributed by atoms with van der Waals surface area (Å²) >= 11 is 1.42. The lowest BCUT2D eigenvalue weighted by molar-refractivity contribution is -0.136. The van der Waals surface area contributed by atoms with Crippen LogP contribution >= 0.6 is 11.8 Å². The summed E-state index contributed by atoms with van der Waals surface area (Å²) in [4.78, 5) is 12.6. The number of carbonyl (C=O) groups is 1. The first kappa shape index (κ1) is 17.6. The van der Waals surface area contributed by atoms with Crippen LogP contribution in [-0.4, -0.2) is 16.3 Å². The number of benzene rings is 2. The van der Waals surface area contributed by atoms with Crippen LogP contribution in [-0.2, 0) is 17.6 Å². The molecule has 1 atom stereocenters. The molecule has 0 radical (unpaired) electrons. The predicted octanol–water partition coefficient (Wildman–Crippen LogP) is 5.13. The number of aryl methyl sites for hydroxylation is 2. The summed E-state index contributed by atoms with van der Waals surface area (Å²) in [6, 6.07) is 16.4. The third kappa shape index (κ3) is 5.76. The van der Waals surface area contributed by atoms with Gasteiger partial charge < -0.3 is 5.11 Å². The molecule has 0 aliphatic carbocycles. The molecule has 0 fully saturated rings. The Hall–Kier alpha value is -1.74. The van der Waals surface area contributed by atoms with Gasteiger partial charge in [-0.1, -0.05) is 55.3 Å². The molecule has 2 rings (SSSR count). The lowest BCUT2D eigenvalue weighted by atomic mass is 10.0. The number of unbranched alkanes of at least 4 members (excludes halogenated alkanes) is 1. The quantitative estimate of drug-likeness (QED) is 0.683. The molecule has 0 amide bonds. The van der Waals surface area contributed by atoms with Crippen molar-refractivity contribution in [3.8, 4) is 0 Å². The van der Waals surface area contributed by atoms with Gasteiger partial charge in [-0.15, -0.1) is 11.8 Å². The average Bonchev–Trinajstić information content (AvgIpc) is 2.55. The van der Waals surface area contributed by atoms with Crippen molar-refractivity contribution in [1.82, 2.24) is 0 Å². The summed E-state index contributed by atoms with van der Waals surface area (Å²) in [5.74, 6) is -0.759. The minimum Gasteiger partial charge on any atom is -0.480 e. The van der Waals surface area contributed by atoms with Gasteiger partial charge in [0.1, 0.15) is 5.25 Å². The Balaban J connectivity index is 2.01. The molecular weight excluding hydrogens is 304 g/mol. The zero-order valence-electron chi connectivity index (χ0n) is 13.8. The van der Waals surface area contributed by atoms with Gasteiger partial charge in [-0.05, 0) is 49.4 Å². The Morgan fingerprint density at radius 2 is 1.65 bits per heavy atom. The molecule has 23 heavy (non-hydrogen) atoms. The molecule has 0 aliphatic rings. The van der Waals surface area contributed by atoms with Crippen LogP contribution in [0.1, 0.15) is 36.5 Å². The SMILES string of the molecule is CCCCc1ccc(CC(Sc2ccc(C)cc2)C(=O)O)cc1. The van der Waals surface area contributed by atoms with Gasteiger partial charge in [-0.3, -0.25) is 4.79 Å². The Morgan fingerprint density at radius 3 is 2.22 bits per heavy atom. The molecule has 122 valence electrons. The van der Waals surface area contributed by atoms with E-state index in [0.29, 0.717) is 6.42 Å². The van der Waals surface area contributed by atoms with Crippen molar-refractivity contribution in [1.29, 1.82) is 0 Å². The number of carboxylic acids is 1. The van der Waals surface area contributed by atoms with Crippen LogP contribution in [0.3, 0.4) is 0 Å². The first-order valence-electron chi connectivity index (χ1n) is 8.12. The fourth-order valence-electron chi connectivity index (χ4n) is 2.40. The van der Waals surface area contributed by atoms with E-state index in [9.17, 15) is 9.90 Å². The molecule has 0 heterocycles. The van der Waals surface area contributed by atoms with Crippen molar-refractivity contribution in [3.63, 3.8) is 0 Å². The van der Waals surface area contributed by atoms with Gasteiger partial charge in [0.2, 0.25) is 0 Å². The van der Waals surface area contributed by atoms with Gasteiger partial charge in [0.15, 0.2) is 0 Å². The fourth-order valence-corrected chi connectivity index (χ4v) is 3.40. The summed E-state index contributed by atoms with van der Waals surface area (Å²) in [6.45, 7) is 4.22. The highest BCUT2D eigenvalue weighted by Gasteiger charge is 2.19. The van der Waals surface area contributed by atoms with Crippen LogP contribution in [0.2, 0.25) is 0 Å². The summed E-state index contributed by atoms with van der Waals surface area (Å²) < 4.78 is 0. The van der Waals surface area contributed by atoms with E-state index in [2.05, 4.69) is 31.2 Å². The highest BCUT2D eigenvalue weighted by atomic mass is 32.2. The molecule has 0 spiro atoms. The maximum atomic E-state index is 11.6. The summed E-state index contributed by atoms with van der Waals surface area (Å²) in [5, 5.41) is 9.04. The summed E-state index contributed by atoms with van der Waals surface area (Å²) in [6.07, 6.45) is 4.02. The fraction of sp³-hybridized carbons (Fsp3) is 0.350. The Bertz CT molecular complexity index is 617. The van der Waals surface area contributed by atoms with E-state index in [-0.39, 0.29) is 0 Å². The molecule has 2 nitrogen and oxygen atoms in total. The second-order valence-corrected chi connectivity index (χ2v) is 7.16. The van der Waals surface area contributed by atoms with Crippen molar-refractivity contribution in [3.05, 3.63) is 65.2 Å². The number of aliphatic carboxylic acids is 1. The van der Waals surface area contributed by atoms with Gasteiger partial charge >= 0.3 is 5.97 Å². The molecule has 2 aromatic carbocycles. The molecule has 1 N–H and O–H groups in total. The number of hydrogen-bond donors (Lipinski definition) is 1. The largest absolute Gasteiger partial charge is 0.480 e. The molecule has 0 saturated carbocycles. The number of thioether (sulfide) groups is 1. The molecule has 0 aliphatic heterocycles. The third-order valence-electron chi connectivity index (χ3n) is 3.84. The maximum absolute atomic E-state index is 11.6. The summed E-state index contributed by atoms with van der Waals surface area (Å²) in [7, 11) is 0. The van der Waals surface area contributed by atoms with Crippen molar-refractivity contribution in [2.75, 3.05) is 0 Å². The van der Waals surface area contributed by atoms with Crippen LogP contribution in [0.25, 0.3) is 0 Å². The minimum absolute atomic E-state index is 0.459. The topological polar surface area (TPSA) is 37.3 Å². The molecule has 1 unspecified atom stereocenters. The second kappa shape index (κ2) is 8.78. The zero-order chi connectivity index (χ0) is 16.7. The molecule has 2 aromatic rings. The van der Waals surface area contributed by atoms with E-state index in [1.165, 1.54) is 35.7 Å². The van der Waals surface area contributed by atoms with Gasteiger partial charge in [0.25, 0.3) is 0 Å². The first-order chi connectivity index (χ1) is 11.1. The van der Waals surface area contributed by atoms with Crippen LogP contribution in [0.15, 0.2) is 53.4 Å². The normalized spacial score (nSPS) is 12.1. The summed E-state index contributed by atoms with van der Waals surface area (Å²) in [5.41, 5.74) is 3.59. The number of carboxylic acid groups (broad SMARTS) is 1. The smallest absolute Gasteiger partial charge is 0.317 e. The van der Waals surface area contributed by atoms with Crippen molar-refractivity contribution in [2.45, 2.75) is 49.7 Å². The molecule has 0 saturated heterocycles. The number of hydrogen-bond acceptors (Lipinski definition) is 2. The second-order valence-electron chi connectivity index (χ2n) is 5.88. The maximum Gasteiger partial charge on any atom is 0.317 e. The lowest BCUT2D eigenvalue weighted by Crippen LogP contribution is -2.19. The standard InChI is InChI=1S/C20H24O2S/c1-3-4-5-16-8-10-17(11-9-16)14-19(20(21)22)23-18-12-6-15(2)7-13-18/h6-13,19H,3-5,14H2,1-2H3,(H,21,22). The van der Waals surface area contributed by atoms with Crippen molar-refractivity contribution >= 4 is 17.7 Å². The van der Waals surface area contributed by atoms with E-state index in [4.69, 9.17) is 0 Å². The highest BCUT2D eigenvalue weighted by Crippen LogP contribution is 2.26. The molecular formula is C20H24O2S. The van der Waals surface area contributed by atoms with Crippen molar-refractivity contribution in [2.24, 2.45) is 0 Å². The molecule has 3 heteroatoms. The highest BCUT2D eigenvalue weighted by molar-refractivity contribution is 8.00. The van der Waals surface area contributed by atoms with Crippen molar-refractivity contribution < 1.29 is 9.90 Å². The van der Waals surface area contributed by atoms with E-state index in [1.807, 2.05) is 31.2 Å². The predicted molar refractivity (Wildman–Crippen MR) is 97.2 cm³/mol. The van der Waals surface area contributed by atoms with Crippen LogP contribution in [0, 0.1) is 6.92 Å². The van der Waals surface area contributed by atoms with Gasteiger partial charge in [0, 0.05) is 4.90 Å². The Kier molecular flexibility index (Phi) is 6.72. The van der Waals surface area contributed by atoms with Gasteiger partial charge in [0.05, 0.1) is 0 Å². The average molecular weight is 328 g/mol. The van der Waals surface area contributed by atoms with Crippen LogP contribution in [0.5, 0.6) is 0 Å². The third-order valence-corrected chi connectivity index (χ3v) is 5.03. The minimum atomic E-state index is -0.759. The van der Waals surface area contributed by atoms with Crippen LogP contribution < -0.4 is 0 Å². The van der Waals surface area contributed by atoms with E-state index >= 15 is 0 Å². The molecule has 0 bridgehead atoms. The Morgan fingerprint density at radius 1 is 1.04 bits per heavy atom. The van der Waals surface area contributed by atoms with E-state index in [0.717, 1.165) is 16.9 Å². The number of rotatable bonds is 8. The van der Waals surface area contributed by atoms with E-state index in [1.54, 1.807) is 0 Å². The monoisotopic (exact) mass is 328 g/mol. The zero-order valence-corrected chi connectivity index (χ0v) is 14.6. The van der Waals surface area contributed by atoms with Crippen LogP contribution in [0.4, 0.5) is 0 Å². The first-order valence-corrected chi connectivity index (χ1v) is 9.00. The van der Waals surface area contributed by atoms with Gasteiger partial charge in [-0.2, -0.15) is 0 Å². The van der Waals surface area contributed by atoms with Gasteiger partial charge in [-0.25, -0.2) is 0 Å². The Labute approximate surface area is 142 Å². The molecule has 0 aromatic heterocycles. The van der Waals surface area contributed by atoms with E-state index < -0.39 is 11.2 Å².